The van der Waals surface area contributed by atoms with Gasteiger partial charge in [-0.15, -0.1) is 0 Å². The van der Waals surface area contributed by atoms with Gasteiger partial charge in [-0.25, -0.2) is 9.97 Å². The molecule has 1 aromatic heterocycles. The van der Waals surface area contributed by atoms with E-state index in [9.17, 15) is 0 Å². The van der Waals surface area contributed by atoms with Crippen LogP contribution in [0.3, 0.4) is 0 Å². The van der Waals surface area contributed by atoms with Crippen molar-refractivity contribution in [1.29, 1.82) is 0 Å². The van der Waals surface area contributed by atoms with Crippen LogP contribution < -0.4 is 5.32 Å². The monoisotopic (exact) mass is 403 g/mol. The summed E-state index contributed by atoms with van der Waals surface area (Å²) in [5, 5.41) is 4.49. The lowest BCUT2D eigenvalue weighted by molar-refractivity contribution is 1.22. The number of fused-ring (bicyclic) bond motifs is 1. The lowest BCUT2D eigenvalue weighted by Crippen LogP contribution is -2.01. The van der Waals surface area contributed by atoms with Gasteiger partial charge >= 0.3 is 0 Å². The molecule has 0 atom stereocenters. The summed E-state index contributed by atoms with van der Waals surface area (Å²) in [7, 11) is 0. The normalized spacial score (nSPS) is 10.9. The van der Waals surface area contributed by atoms with Crippen LogP contribution in [0.2, 0.25) is 0 Å². The van der Waals surface area contributed by atoms with Gasteiger partial charge in [0.1, 0.15) is 5.82 Å². The van der Waals surface area contributed by atoms with E-state index in [-0.39, 0.29) is 0 Å². The second-order valence-electron chi connectivity index (χ2n) is 6.37. The highest BCUT2D eigenvalue weighted by Gasteiger charge is 2.11. The smallest absolute Gasteiger partial charge is 0.162 e. The Bertz CT molecular complexity index is 1090. The quantitative estimate of drug-likeness (QED) is 0.428. The van der Waals surface area contributed by atoms with Crippen molar-refractivity contribution >= 4 is 38.3 Å². The minimum atomic E-state index is 0.715. The minimum Gasteiger partial charge on any atom is -0.339 e. The number of nitrogens with zero attached hydrogens (tertiary/aromatic N) is 2. The van der Waals surface area contributed by atoms with Crippen molar-refractivity contribution in [2.24, 2.45) is 0 Å². The number of nitrogens with one attached hydrogen (secondary N) is 1. The molecule has 0 radical (unpaired) electrons. The average molecular weight is 404 g/mol. The minimum absolute atomic E-state index is 0.715. The highest BCUT2D eigenvalue weighted by molar-refractivity contribution is 9.10. The first kappa shape index (κ1) is 16.7. The highest BCUT2D eigenvalue weighted by Crippen LogP contribution is 2.30. The third kappa shape index (κ3) is 3.33. The Labute approximate surface area is 161 Å². The number of anilines is 2. The zero-order valence-electron chi connectivity index (χ0n) is 14.6. The van der Waals surface area contributed by atoms with Crippen LogP contribution in [0, 0.1) is 13.8 Å². The van der Waals surface area contributed by atoms with Crippen molar-refractivity contribution in [2.75, 3.05) is 5.32 Å². The van der Waals surface area contributed by atoms with Gasteiger partial charge in [-0.05, 0) is 43.7 Å². The lowest BCUT2D eigenvalue weighted by atomic mass is 10.1. The molecule has 4 heteroatoms. The van der Waals surface area contributed by atoms with Gasteiger partial charge < -0.3 is 5.32 Å². The van der Waals surface area contributed by atoms with Crippen LogP contribution in [-0.2, 0) is 0 Å². The van der Waals surface area contributed by atoms with Crippen LogP contribution in [0.1, 0.15) is 11.1 Å². The molecule has 0 amide bonds. The van der Waals surface area contributed by atoms with E-state index in [1.54, 1.807) is 0 Å². The molecule has 3 aromatic carbocycles. The fraction of sp³-hybridized carbons (Fsp3) is 0.0909. The van der Waals surface area contributed by atoms with Crippen molar-refractivity contribution in [3.63, 3.8) is 0 Å². The molecule has 26 heavy (non-hydrogen) atoms. The molecule has 4 rings (SSSR count). The molecular formula is C22H18BrN3. The Morgan fingerprint density at radius 3 is 2.42 bits per heavy atom. The summed E-state index contributed by atoms with van der Waals surface area (Å²) in [4.78, 5) is 9.58. The Kier molecular flexibility index (Phi) is 4.43. The molecular weight excluding hydrogens is 386 g/mol. The molecule has 1 N–H and O–H groups in total. The molecule has 1 heterocycles. The summed E-state index contributed by atoms with van der Waals surface area (Å²) in [6, 6.07) is 22.5. The van der Waals surface area contributed by atoms with Gasteiger partial charge in [0.25, 0.3) is 0 Å². The molecule has 0 aliphatic heterocycles. The van der Waals surface area contributed by atoms with Crippen LogP contribution in [-0.4, -0.2) is 9.97 Å². The predicted molar refractivity (Wildman–Crippen MR) is 112 cm³/mol. The van der Waals surface area contributed by atoms with E-state index in [0.29, 0.717) is 5.82 Å². The molecule has 0 bridgehead atoms. The maximum absolute atomic E-state index is 4.83. The van der Waals surface area contributed by atoms with Crippen molar-refractivity contribution in [3.05, 3.63) is 82.3 Å². The summed E-state index contributed by atoms with van der Waals surface area (Å²) in [6.07, 6.45) is 0. The molecule has 0 saturated heterocycles. The fourth-order valence-electron chi connectivity index (χ4n) is 2.99. The van der Waals surface area contributed by atoms with E-state index in [2.05, 4.69) is 59.4 Å². The maximum Gasteiger partial charge on any atom is 0.162 e. The Hall–Kier alpha value is -2.72. The van der Waals surface area contributed by atoms with E-state index < -0.39 is 0 Å². The van der Waals surface area contributed by atoms with Crippen molar-refractivity contribution in [2.45, 2.75) is 13.8 Å². The van der Waals surface area contributed by atoms with Crippen LogP contribution in [0.25, 0.3) is 22.3 Å². The summed E-state index contributed by atoms with van der Waals surface area (Å²) in [6.45, 7) is 4.20. The second kappa shape index (κ2) is 6.89. The van der Waals surface area contributed by atoms with Crippen LogP contribution in [0.15, 0.2) is 71.2 Å². The average Bonchev–Trinajstić information content (AvgIpc) is 2.65. The summed E-state index contributed by atoms with van der Waals surface area (Å²) >= 11 is 3.56. The van der Waals surface area contributed by atoms with E-state index in [1.165, 1.54) is 11.1 Å². The third-order valence-electron chi connectivity index (χ3n) is 4.32. The van der Waals surface area contributed by atoms with Gasteiger partial charge in [-0.2, -0.15) is 0 Å². The molecule has 0 fully saturated rings. The Morgan fingerprint density at radius 2 is 1.65 bits per heavy atom. The van der Waals surface area contributed by atoms with Gasteiger partial charge in [0.15, 0.2) is 5.82 Å². The summed E-state index contributed by atoms with van der Waals surface area (Å²) in [5.41, 5.74) is 5.39. The fourth-order valence-corrected chi connectivity index (χ4v) is 3.35. The zero-order valence-corrected chi connectivity index (χ0v) is 16.2. The van der Waals surface area contributed by atoms with Crippen LogP contribution in [0.4, 0.5) is 11.5 Å². The third-order valence-corrected chi connectivity index (χ3v) is 4.82. The van der Waals surface area contributed by atoms with E-state index in [1.807, 2.05) is 42.5 Å². The zero-order chi connectivity index (χ0) is 18.1. The van der Waals surface area contributed by atoms with Gasteiger partial charge in [0, 0.05) is 21.1 Å². The Morgan fingerprint density at radius 1 is 0.846 bits per heavy atom. The van der Waals surface area contributed by atoms with E-state index in [4.69, 9.17) is 9.97 Å². The van der Waals surface area contributed by atoms with E-state index >= 15 is 0 Å². The molecule has 0 aliphatic rings. The maximum atomic E-state index is 4.83. The number of halogens is 1. The molecule has 4 aromatic rings. The molecule has 0 unspecified atom stereocenters. The van der Waals surface area contributed by atoms with Crippen molar-refractivity contribution in [3.8, 4) is 11.4 Å². The van der Waals surface area contributed by atoms with Gasteiger partial charge in [0.2, 0.25) is 0 Å². The number of hydrogen-bond acceptors (Lipinski definition) is 3. The van der Waals surface area contributed by atoms with E-state index in [0.717, 1.165) is 32.4 Å². The molecule has 0 aliphatic carbocycles. The lowest BCUT2D eigenvalue weighted by Gasteiger charge is -2.13. The molecule has 3 nitrogen and oxygen atoms in total. The molecule has 0 spiro atoms. The van der Waals surface area contributed by atoms with Gasteiger partial charge in [-0.3, -0.25) is 0 Å². The number of aromatic nitrogens is 2. The standard InChI is InChI=1S/C22H18BrN3/c1-14-8-10-19(15(2)12-14)24-22-18-13-17(23)9-11-20(18)25-21(26-22)16-6-4-3-5-7-16/h3-13H,1-2H3,(H,24,25,26). The number of rotatable bonds is 3. The van der Waals surface area contributed by atoms with Crippen LogP contribution in [0.5, 0.6) is 0 Å². The van der Waals surface area contributed by atoms with Crippen molar-refractivity contribution in [1.82, 2.24) is 9.97 Å². The first-order valence-electron chi connectivity index (χ1n) is 8.47. The second-order valence-corrected chi connectivity index (χ2v) is 7.28. The molecule has 0 saturated carbocycles. The number of aryl methyl sites for hydroxylation is 2. The SMILES string of the molecule is Cc1ccc(Nc2nc(-c3ccccc3)nc3ccc(Br)cc23)c(C)c1. The molecule has 128 valence electrons. The topological polar surface area (TPSA) is 37.8 Å². The highest BCUT2D eigenvalue weighted by atomic mass is 79.9. The van der Waals surface area contributed by atoms with Gasteiger partial charge in [-0.1, -0.05) is 64.0 Å². The summed E-state index contributed by atoms with van der Waals surface area (Å²) in [5.74, 6) is 1.52. The number of hydrogen-bond donors (Lipinski definition) is 1. The van der Waals surface area contributed by atoms with Crippen LogP contribution >= 0.6 is 15.9 Å². The largest absolute Gasteiger partial charge is 0.339 e. The predicted octanol–water partition coefficient (Wildman–Crippen LogP) is 6.42. The first-order valence-corrected chi connectivity index (χ1v) is 9.26. The summed E-state index contributed by atoms with van der Waals surface area (Å²) < 4.78 is 1.00. The van der Waals surface area contributed by atoms with Gasteiger partial charge in [0.05, 0.1) is 5.52 Å². The van der Waals surface area contributed by atoms with Crippen molar-refractivity contribution < 1.29 is 0 Å². The Balaban J connectivity index is 1.89. The first-order chi connectivity index (χ1) is 12.6. The number of benzene rings is 3.